The molecule has 5 nitrogen and oxygen atoms in total. The smallest absolute Gasteiger partial charge is 0.269 e. The summed E-state index contributed by atoms with van der Waals surface area (Å²) in [5.41, 5.74) is -3.94. The Labute approximate surface area is 171 Å². The SMILES string of the molecule is C=CN1C(=O)N(NCc2cccnc2)Cc2cc(C(F)(C(F)(F)F)C(F)(F)F)ccc21. The molecule has 0 saturated heterocycles. The standard InChI is InChI=1S/C19H15F7N4O/c1-2-29-15-6-5-14(17(20,18(21,22)23)19(24,25)26)8-13(15)11-30(16(29)31)28-10-12-4-3-7-27-9-12/h2-9,28H,1,10-11H2. The molecule has 1 aliphatic rings. The van der Waals surface area contributed by atoms with Crippen LogP contribution in [0.1, 0.15) is 16.7 Å². The van der Waals surface area contributed by atoms with Gasteiger partial charge in [0.25, 0.3) is 0 Å². The zero-order chi connectivity index (χ0) is 23.0. The molecule has 31 heavy (non-hydrogen) atoms. The van der Waals surface area contributed by atoms with Gasteiger partial charge in [0.05, 0.1) is 12.2 Å². The van der Waals surface area contributed by atoms with E-state index in [0.717, 1.165) is 22.2 Å². The molecule has 0 fully saturated rings. The summed E-state index contributed by atoms with van der Waals surface area (Å²) in [6.45, 7) is 3.13. The second-order valence-corrected chi connectivity index (χ2v) is 6.61. The van der Waals surface area contributed by atoms with Gasteiger partial charge in [0.2, 0.25) is 0 Å². The number of nitrogens with zero attached hydrogens (tertiary/aromatic N) is 3. The number of carbonyl (C=O) groups excluding carboxylic acids is 1. The fraction of sp³-hybridized carbons (Fsp3) is 0.263. The fourth-order valence-electron chi connectivity index (χ4n) is 3.11. The number of aromatic nitrogens is 1. The van der Waals surface area contributed by atoms with Gasteiger partial charge in [0, 0.05) is 30.7 Å². The van der Waals surface area contributed by atoms with E-state index in [2.05, 4.69) is 17.0 Å². The molecular formula is C19H15F7N4O. The lowest BCUT2D eigenvalue weighted by atomic mass is 9.91. The lowest BCUT2D eigenvalue weighted by molar-refractivity contribution is -0.348. The summed E-state index contributed by atoms with van der Waals surface area (Å²) in [7, 11) is 0. The van der Waals surface area contributed by atoms with E-state index in [9.17, 15) is 35.5 Å². The van der Waals surface area contributed by atoms with E-state index in [1.807, 2.05) is 0 Å². The Balaban J connectivity index is 1.99. The van der Waals surface area contributed by atoms with Gasteiger partial charge >= 0.3 is 24.1 Å². The highest BCUT2D eigenvalue weighted by Gasteiger charge is 2.73. The third kappa shape index (κ3) is 3.94. The predicted molar refractivity (Wildman–Crippen MR) is 96.0 cm³/mol. The first kappa shape index (κ1) is 22.5. The minimum Gasteiger partial charge on any atom is -0.269 e. The van der Waals surface area contributed by atoms with Crippen molar-refractivity contribution >= 4 is 11.7 Å². The fourth-order valence-corrected chi connectivity index (χ4v) is 3.11. The molecule has 0 saturated carbocycles. The van der Waals surface area contributed by atoms with Gasteiger partial charge in [-0.25, -0.2) is 14.6 Å². The Morgan fingerprint density at radius 3 is 2.32 bits per heavy atom. The maximum absolute atomic E-state index is 14.4. The molecule has 1 aromatic carbocycles. The Kier molecular flexibility index (Phi) is 5.70. The first-order valence-corrected chi connectivity index (χ1v) is 8.71. The number of benzene rings is 1. The lowest BCUT2D eigenvalue weighted by Crippen LogP contribution is -2.52. The Morgan fingerprint density at radius 1 is 1.10 bits per heavy atom. The number of anilines is 1. The van der Waals surface area contributed by atoms with E-state index in [4.69, 9.17) is 0 Å². The van der Waals surface area contributed by atoms with E-state index in [1.165, 1.54) is 12.4 Å². The Hall–Kier alpha value is -3.15. The van der Waals surface area contributed by atoms with Crippen molar-refractivity contribution in [3.8, 4) is 0 Å². The summed E-state index contributed by atoms with van der Waals surface area (Å²) < 4.78 is 93.1. The number of hydrazine groups is 1. The molecule has 2 heterocycles. The second kappa shape index (κ2) is 7.84. The van der Waals surface area contributed by atoms with Gasteiger partial charge in [-0.3, -0.25) is 14.9 Å². The monoisotopic (exact) mass is 448 g/mol. The largest absolute Gasteiger partial charge is 0.435 e. The molecule has 1 aliphatic heterocycles. The topological polar surface area (TPSA) is 48.5 Å². The summed E-state index contributed by atoms with van der Waals surface area (Å²) in [6, 6.07) is 4.31. The molecule has 0 spiro atoms. The number of nitrogens with one attached hydrogen (secondary N) is 1. The van der Waals surface area contributed by atoms with E-state index >= 15 is 0 Å². The highest BCUT2D eigenvalue weighted by molar-refractivity contribution is 5.96. The molecule has 2 amide bonds. The normalized spacial score (nSPS) is 15.1. The molecule has 0 aliphatic carbocycles. The first-order chi connectivity index (χ1) is 14.4. The van der Waals surface area contributed by atoms with Crippen LogP contribution < -0.4 is 10.3 Å². The maximum Gasteiger partial charge on any atom is 0.435 e. The van der Waals surface area contributed by atoms with E-state index in [1.54, 1.807) is 12.1 Å². The van der Waals surface area contributed by atoms with Crippen LogP contribution in [0, 0.1) is 0 Å². The number of pyridine rings is 1. The van der Waals surface area contributed by atoms with E-state index < -0.39 is 36.2 Å². The quantitative estimate of drug-likeness (QED) is 0.658. The van der Waals surface area contributed by atoms with Gasteiger partial charge < -0.3 is 0 Å². The number of alkyl halides is 7. The van der Waals surface area contributed by atoms with E-state index in [0.29, 0.717) is 17.7 Å². The number of amides is 2. The highest BCUT2D eigenvalue weighted by Crippen LogP contribution is 2.53. The molecule has 1 N–H and O–H groups in total. The van der Waals surface area contributed by atoms with Gasteiger partial charge in [-0.15, -0.1) is 0 Å². The van der Waals surface area contributed by atoms with Crippen molar-refractivity contribution in [2.45, 2.75) is 31.1 Å². The van der Waals surface area contributed by atoms with Crippen LogP contribution >= 0.6 is 0 Å². The second-order valence-electron chi connectivity index (χ2n) is 6.61. The maximum atomic E-state index is 14.4. The zero-order valence-electron chi connectivity index (χ0n) is 15.6. The third-order valence-electron chi connectivity index (χ3n) is 4.66. The molecular weight excluding hydrogens is 433 g/mol. The number of fused-ring (bicyclic) bond motifs is 1. The summed E-state index contributed by atoms with van der Waals surface area (Å²) in [5, 5.41) is 0.974. The number of halogens is 7. The van der Waals surface area contributed by atoms with Crippen LogP contribution in [0.2, 0.25) is 0 Å². The zero-order valence-corrected chi connectivity index (χ0v) is 15.6. The summed E-state index contributed by atoms with van der Waals surface area (Å²) >= 11 is 0. The summed E-state index contributed by atoms with van der Waals surface area (Å²) in [4.78, 5) is 17.4. The number of rotatable bonds is 5. The van der Waals surface area contributed by atoms with Crippen molar-refractivity contribution < 1.29 is 35.5 Å². The molecule has 1 aromatic heterocycles. The number of urea groups is 1. The van der Waals surface area contributed by atoms with Crippen molar-refractivity contribution in [1.82, 2.24) is 15.4 Å². The van der Waals surface area contributed by atoms with Crippen molar-refractivity contribution in [2.75, 3.05) is 4.90 Å². The van der Waals surface area contributed by atoms with Gasteiger partial charge in [-0.1, -0.05) is 18.7 Å². The summed E-state index contributed by atoms with van der Waals surface area (Å²) in [5.74, 6) is 0. The number of carbonyl (C=O) groups is 1. The molecule has 166 valence electrons. The van der Waals surface area contributed by atoms with Crippen LogP contribution in [-0.2, 0) is 18.8 Å². The highest BCUT2D eigenvalue weighted by atomic mass is 19.4. The van der Waals surface area contributed by atoms with Crippen LogP contribution in [-0.4, -0.2) is 28.4 Å². The molecule has 3 rings (SSSR count). The van der Waals surface area contributed by atoms with Gasteiger partial charge in [0.15, 0.2) is 0 Å². The average Bonchev–Trinajstić information content (AvgIpc) is 2.70. The summed E-state index contributed by atoms with van der Waals surface area (Å²) in [6.07, 6.45) is -8.39. The van der Waals surface area contributed by atoms with Crippen LogP contribution in [0.15, 0.2) is 55.5 Å². The van der Waals surface area contributed by atoms with E-state index in [-0.39, 0.29) is 17.8 Å². The van der Waals surface area contributed by atoms with Crippen LogP contribution in [0.4, 0.5) is 41.2 Å². The molecule has 0 atom stereocenters. The predicted octanol–water partition coefficient (Wildman–Crippen LogP) is 4.96. The van der Waals surface area contributed by atoms with Gasteiger partial charge in [-0.2, -0.15) is 26.3 Å². The number of hydrogen-bond donors (Lipinski definition) is 1. The van der Waals surface area contributed by atoms with Crippen molar-refractivity contribution in [3.63, 3.8) is 0 Å². The minimum absolute atomic E-state index is 0.00474. The van der Waals surface area contributed by atoms with Crippen molar-refractivity contribution in [1.29, 1.82) is 0 Å². The molecule has 0 bridgehead atoms. The third-order valence-corrected chi connectivity index (χ3v) is 4.66. The van der Waals surface area contributed by atoms with Crippen LogP contribution in [0.3, 0.4) is 0 Å². The molecule has 2 aromatic rings. The van der Waals surface area contributed by atoms with Gasteiger partial charge in [-0.05, 0) is 29.3 Å². The minimum atomic E-state index is -6.24. The molecule has 12 heteroatoms. The first-order valence-electron chi connectivity index (χ1n) is 8.71. The average molecular weight is 448 g/mol. The van der Waals surface area contributed by atoms with Crippen molar-refractivity contribution in [3.05, 3.63) is 72.2 Å². The molecule has 0 unspecified atom stereocenters. The van der Waals surface area contributed by atoms with Crippen molar-refractivity contribution in [2.24, 2.45) is 0 Å². The molecule has 0 radical (unpaired) electrons. The lowest BCUT2D eigenvalue weighted by Gasteiger charge is -2.37. The van der Waals surface area contributed by atoms with Gasteiger partial charge in [0.1, 0.15) is 0 Å². The Morgan fingerprint density at radius 2 is 1.77 bits per heavy atom. The number of hydrogen-bond acceptors (Lipinski definition) is 3. The van der Waals surface area contributed by atoms with Crippen LogP contribution in [0.25, 0.3) is 0 Å². The van der Waals surface area contributed by atoms with Crippen LogP contribution in [0.5, 0.6) is 0 Å². The Bertz CT molecular complexity index is 961.